The van der Waals surface area contributed by atoms with Gasteiger partial charge in [0.1, 0.15) is 0 Å². The van der Waals surface area contributed by atoms with Crippen molar-refractivity contribution in [1.82, 2.24) is 0 Å². The standard InChI is InChI=1S/C14H13O2.2CO.CH3.Fe/c1-10-8-12(9-13(10)14(15)16-2)11-6-4-3-5-7-11;2*1-2;;/h3-9H,1-2H3;;;1H3;/q;;;-1;+2. The van der Waals surface area contributed by atoms with Crippen molar-refractivity contribution in [2.75, 3.05) is 7.11 Å². The Morgan fingerprint density at radius 2 is 1.55 bits per heavy atom. The van der Waals surface area contributed by atoms with E-state index in [9.17, 15) is 4.79 Å². The van der Waals surface area contributed by atoms with Crippen LogP contribution in [0.2, 0.25) is 0 Å². The van der Waals surface area contributed by atoms with Crippen molar-refractivity contribution >= 4 is 5.97 Å². The Hall–Kier alpha value is -1.31. The van der Waals surface area contributed by atoms with Crippen molar-refractivity contribution in [3.05, 3.63) is 87.2 Å². The first-order valence-corrected chi connectivity index (χ1v) is 5.54. The fourth-order valence-electron chi connectivity index (χ4n) is 1.75. The van der Waals surface area contributed by atoms with Gasteiger partial charge in [-0.2, -0.15) is 0 Å². The molecule has 2 rings (SSSR count). The number of rotatable bonds is 2. The van der Waals surface area contributed by atoms with Crippen molar-refractivity contribution in [3.8, 4) is 0 Å². The molecular formula is C17H16FeO4+. The van der Waals surface area contributed by atoms with E-state index < -0.39 is 0 Å². The number of esters is 1. The molecule has 0 N–H and O–H groups in total. The van der Waals surface area contributed by atoms with Crippen molar-refractivity contribution in [1.29, 1.82) is 0 Å². The van der Waals surface area contributed by atoms with Gasteiger partial charge in [0.05, 0.1) is 13.0 Å². The molecule has 115 valence electrons. The Morgan fingerprint density at radius 3 is 2.00 bits per heavy atom. The smallest absolute Gasteiger partial charge is 0.358 e. The maximum atomic E-state index is 11.5. The van der Waals surface area contributed by atoms with Crippen LogP contribution in [0.3, 0.4) is 0 Å². The first kappa shape index (κ1) is 25.6. The first-order valence-electron chi connectivity index (χ1n) is 5.54. The Bertz CT molecular complexity index is 436. The number of benzene rings is 1. The molecule has 1 saturated carbocycles. The van der Waals surface area contributed by atoms with Crippen LogP contribution in [0.1, 0.15) is 12.5 Å². The van der Waals surface area contributed by atoms with Gasteiger partial charge in [0.2, 0.25) is 0 Å². The Kier molecular flexibility index (Phi) is 17.0. The van der Waals surface area contributed by atoms with Gasteiger partial charge in [-0.05, 0) is 24.3 Å². The van der Waals surface area contributed by atoms with E-state index in [0.29, 0.717) is 5.92 Å². The summed E-state index contributed by atoms with van der Waals surface area (Å²) in [5.74, 6) is 2.37. The molecule has 5 radical (unpaired) electrons. The van der Waals surface area contributed by atoms with E-state index in [0.717, 1.165) is 17.4 Å². The van der Waals surface area contributed by atoms with Gasteiger partial charge in [-0.1, -0.05) is 37.3 Å². The van der Waals surface area contributed by atoms with Gasteiger partial charge in [-0.3, -0.25) is 4.79 Å². The van der Waals surface area contributed by atoms with Gasteiger partial charge in [0.15, 0.2) is 0 Å². The van der Waals surface area contributed by atoms with Gasteiger partial charge in [-0.25, -0.2) is 0 Å². The molecule has 1 aromatic carbocycles. The van der Waals surface area contributed by atoms with E-state index in [1.807, 2.05) is 50.1 Å². The van der Waals surface area contributed by atoms with Gasteiger partial charge < -0.3 is 12.2 Å². The van der Waals surface area contributed by atoms with E-state index in [-0.39, 0.29) is 30.5 Å². The summed E-state index contributed by atoms with van der Waals surface area (Å²) in [4.78, 5) is 11.5. The summed E-state index contributed by atoms with van der Waals surface area (Å²) in [7, 11) is 1.40. The molecule has 1 aromatic rings. The third-order valence-corrected chi connectivity index (χ3v) is 2.61. The maximum Gasteiger partial charge on any atom is 2.00 e. The summed E-state index contributed by atoms with van der Waals surface area (Å²) >= 11 is 0. The molecule has 4 nitrogen and oxygen atoms in total. The molecule has 0 unspecified atom stereocenters. The fourth-order valence-corrected chi connectivity index (χ4v) is 1.75. The van der Waals surface area contributed by atoms with Crippen LogP contribution in [-0.2, 0) is 35.9 Å². The minimum absolute atomic E-state index is 0. The number of methoxy groups -OCH3 is 1. The molecule has 0 amide bonds. The van der Waals surface area contributed by atoms with Gasteiger partial charge >= 0.3 is 45.6 Å². The predicted molar refractivity (Wildman–Crippen MR) is 75.8 cm³/mol. The largest absolute Gasteiger partial charge is 2.00 e. The van der Waals surface area contributed by atoms with Crippen LogP contribution in [0.5, 0.6) is 0 Å². The molecule has 0 bridgehead atoms. The molecule has 0 aromatic heterocycles. The average molecular weight is 340 g/mol. The minimum Gasteiger partial charge on any atom is -0.358 e. The molecule has 5 heteroatoms. The van der Waals surface area contributed by atoms with Crippen molar-refractivity contribution < 1.29 is 35.9 Å². The maximum absolute atomic E-state index is 11.5. The Morgan fingerprint density at radius 1 is 1.05 bits per heavy atom. The summed E-state index contributed by atoms with van der Waals surface area (Å²) in [6.07, 6.45) is 3.87. The number of carbonyl (C=O) groups excluding carboxylic acids is 1. The number of ether oxygens (including phenoxy) is 1. The van der Waals surface area contributed by atoms with Crippen molar-refractivity contribution in [2.24, 2.45) is 0 Å². The van der Waals surface area contributed by atoms with Crippen LogP contribution in [0.15, 0.2) is 30.3 Å². The second-order valence-electron chi connectivity index (χ2n) is 3.70. The third-order valence-electron chi connectivity index (χ3n) is 2.61. The molecule has 1 aliphatic carbocycles. The van der Waals surface area contributed by atoms with Crippen LogP contribution >= 0.6 is 0 Å². The number of hydrogen-bond acceptors (Lipinski definition) is 2. The van der Waals surface area contributed by atoms with Crippen molar-refractivity contribution in [3.63, 3.8) is 0 Å². The zero-order valence-electron chi connectivity index (χ0n) is 12.5. The second-order valence-corrected chi connectivity index (χ2v) is 3.70. The molecule has 0 saturated heterocycles. The van der Waals surface area contributed by atoms with Gasteiger partial charge in [0.25, 0.3) is 0 Å². The van der Waals surface area contributed by atoms with E-state index in [2.05, 4.69) is 13.3 Å². The molecular weight excluding hydrogens is 324 g/mol. The number of carbonyl (C=O) groups is 1. The van der Waals surface area contributed by atoms with Crippen LogP contribution in [0.4, 0.5) is 0 Å². The van der Waals surface area contributed by atoms with E-state index in [1.165, 1.54) is 7.11 Å². The fraction of sp³-hybridized carbons (Fsp3) is 0.118. The summed E-state index contributed by atoms with van der Waals surface area (Å²) in [5, 5.41) is 0. The number of hydrogen-bond donors (Lipinski definition) is 0. The zero-order chi connectivity index (χ0) is 15.5. The third kappa shape index (κ3) is 7.11. The van der Waals surface area contributed by atoms with Gasteiger partial charge in [0, 0.05) is 5.92 Å². The normalized spacial score (nSPS) is 13.9. The molecule has 22 heavy (non-hydrogen) atoms. The molecule has 0 atom stereocenters. The van der Waals surface area contributed by atoms with E-state index in [1.54, 1.807) is 0 Å². The molecule has 0 heterocycles. The molecule has 0 aliphatic heterocycles. The van der Waals surface area contributed by atoms with Gasteiger partial charge in [-0.15, -0.1) is 0 Å². The monoisotopic (exact) mass is 340 g/mol. The van der Waals surface area contributed by atoms with Crippen LogP contribution in [0, 0.1) is 51.3 Å². The minimum atomic E-state index is -0.278. The van der Waals surface area contributed by atoms with E-state index in [4.69, 9.17) is 14.0 Å². The summed E-state index contributed by atoms with van der Waals surface area (Å²) < 4.78 is 19.7. The quantitative estimate of drug-likeness (QED) is 0.360. The average Bonchev–Trinajstić information content (AvgIpc) is 2.93. The van der Waals surface area contributed by atoms with Crippen LogP contribution in [0.25, 0.3) is 0 Å². The van der Waals surface area contributed by atoms with Crippen LogP contribution < -0.4 is 0 Å². The molecule has 1 aliphatic rings. The van der Waals surface area contributed by atoms with Crippen LogP contribution in [-0.4, -0.2) is 13.1 Å². The summed E-state index contributed by atoms with van der Waals surface area (Å²) in [6.45, 7) is 10.9. The van der Waals surface area contributed by atoms with Crippen molar-refractivity contribution in [2.45, 2.75) is 6.92 Å². The topological polar surface area (TPSA) is 66.1 Å². The zero-order valence-corrected chi connectivity index (χ0v) is 13.6. The molecule has 0 spiro atoms. The molecule has 1 fully saturated rings. The summed E-state index contributed by atoms with van der Waals surface area (Å²) in [5.41, 5.74) is 1.11. The van der Waals surface area contributed by atoms with E-state index >= 15 is 0 Å². The second kappa shape index (κ2) is 14.6. The predicted octanol–water partition coefficient (Wildman–Crippen LogP) is 2.75. The first-order chi connectivity index (χ1) is 9.72. The Labute approximate surface area is 143 Å². The summed E-state index contributed by atoms with van der Waals surface area (Å²) in [6, 6.07) is 9.98. The SMILES string of the molecule is COC(=O)[C]1[CH][C](c2ccccc2)[CH][C]1C.[C-]#[O+].[C-]#[O+].[CH3-].[Fe+2]. The Balaban J connectivity index is -0.000000557.